The molecule has 1 amide bonds. The lowest BCUT2D eigenvalue weighted by atomic mass is 9.88. The lowest BCUT2D eigenvalue weighted by Crippen LogP contribution is -2.31. The molecule has 3 rings (SSSR count). The monoisotopic (exact) mass is 328 g/mol. The summed E-state index contributed by atoms with van der Waals surface area (Å²) in [6.45, 7) is 7.54. The van der Waals surface area contributed by atoms with Gasteiger partial charge >= 0.3 is 0 Å². The molecule has 1 aromatic heterocycles. The van der Waals surface area contributed by atoms with Crippen molar-refractivity contribution in [2.75, 3.05) is 13.2 Å². The minimum absolute atomic E-state index is 0.0320. The van der Waals surface area contributed by atoms with Gasteiger partial charge in [-0.1, -0.05) is 19.8 Å². The number of carbonyl (C=O) groups is 1. The number of carbonyl (C=O) groups excluding carboxylic acids is 1. The fraction of sp³-hybridized carbons (Fsp3) is 0.550. The van der Waals surface area contributed by atoms with Crippen LogP contribution in [-0.2, 0) is 4.74 Å². The number of hydrogen-bond acceptors (Lipinski definition) is 2. The van der Waals surface area contributed by atoms with E-state index in [-0.39, 0.29) is 5.91 Å². The van der Waals surface area contributed by atoms with Gasteiger partial charge in [-0.05, 0) is 56.4 Å². The molecule has 1 aliphatic carbocycles. The third-order valence-corrected chi connectivity index (χ3v) is 5.32. The van der Waals surface area contributed by atoms with E-state index < -0.39 is 0 Å². The maximum atomic E-state index is 12.3. The van der Waals surface area contributed by atoms with E-state index in [0.717, 1.165) is 23.0 Å². The number of benzene rings is 1. The first-order valence-corrected chi connectivity index (χ1v) is 9.05. The summed E-state index contributed by atoms with van der Waals surface area (Å²) in [7, 11) is 0. The second-order valence-corrected chi connectivity index (χ2v) is 7.06. The van der Waals surface area contributed by atoms with Crippen molar-refractivity contribution in [3.63, 3.8) is 0 Å². The molecular formula is C20H28N2O2. The largest absolute Gasteiger partial charge is 0.376 e. The zero-order valence-corrected chi connectivity index (χ0v) is 14.9. The normalized spacial score (nSPS) is 21.1. The third-order valence-electron chi connectivity index (χ3n) is 5.32. The standard InChI is InChI=1S/C20H28N2O2/c1-13-6-4-5-7-19(13)24-11-10-21-20(23)16-8-9-18-17(12-16)14(2)15(3)22-18/h8-9,12-13,19,22H,4-7,10-11H2,1-3H3,(H,21,23)/t13-,19-/m1/s1. The van der Waals surface area contributed by atoms with E-state index in [4.69, 9.17) is 4.74 Å². The molecule has 0 saturated heterocycles. The highest BCUT2D eigenvalue weighted by Gasteiger charge is 2.21. The average Bonchev–Trinajstić information content (AvgIpc) is 2.87. The van der Waals surface area contributed by atoms with E-state index in [1.165, 1.54) is 24.8 Å². The van der Waals surface area contributed by atoms with Gasteiger partial charge in [0.25, 0.3) is 5.91 Å². The van der Waals surface area contributed by atoms with E-state index in [0.29, 0.717) is 30.7 Å². The van der Waals surface area contributed by atoms with Gasteiger partial charge in [0.1, 0.15) is 0 Å². The highest BCUT2D eigenvalue weighted by molar-refractivity contribution is 5.99. The number of H-pyrrole nitrogens is 1. The summed E-state index contributed by atoms with van der Waals surface area (Å²) in [6.07, 6.45) is 5.34. The second kappa shape index (κ2) is 7.39. The molecule has 0 radical (unpaired) electrons. The van der Waals surface area contributed by atoms with Crippen LogP contribution < -0.4 is 5.32 Å². The Kier molecular flexibility index (Phi) is 5.24. The van der Waals surface area contributed by atoms with Gasteiger partial charge in [-0.2, -0.15) is 0 Å². The highest BCUT2D eigenvalue weighted by atomic mass is 16.5. The van der Waals surface area contributed by atoms with Crippen LogP contribution >= 0.6 is 0 Å². The van der Waals surface area contributed by atoms with Crippen molar-refractivity contribution in [1.82, 2.24) is 10.3 Å². The van der Waals surface area contributed by atoms with Crippen LogP contribution in [0.2, 0.25) is 0 Å². The molecule has 4 heteroatoms. The quantitative estimate of drug-likeness (QED) is 0.812. The summed E-state index contributed by atoms with van der Waals surface area (Å²) in [5.41, 5.74) is 4.14. The molecule has 1 aromatic carbocycles. The first-order chi connectivity index (χ1) is 11.6. The van der Waals surface area contributed by atoms with Crippen LogP contribution in [0.25, 0.3) is 10.9 Å². The molecule has 0 bridgehead atoms. The predicted molar refractivity (Wildman–Crippen MR) is 97.5 cm³/mol. The first kappa shape index (κ1) is 17.0. The Morgan fingerprint density at radius 3 is 2.88 bits per heavy atom. The van der Waals surface area contributed by atoms with Gasteiger partial charge in [-0.3, -0.25) is 4.79 Å². The Balaban J connectivity index is 1.52. The molecule has 0 aliphatic heterocycles. The van der Waals surface area contributed by atoms with Gasteiger partial charge in [0.15, 0.2) is 0 Å². The molecule has 4 nitrogen and oxygen atoms in total. The van der Waals surface area contributed by atoms with Crippen molar-refractivity contribution in [3.05, 3.63) is 35.0 Å². The van der Waals surface area contributed by atoms with Crippen LogP contribution in [0.3, 0.4) is 0 Å². The van der Waals surface area contributed by atoms with Crippen LogP contribution in [0, 0.1) is 19.8 Å². The van der Waals surface area contributed by atoms with Crippen molar-refractivity contribution < 1.29 is 9.53 Å². The molecule has 2 aromatic rings. The lowest BCUT2D eigenvalue weighted by Gasteiger charge is -2.28. The average molecular weight is 328 g/mol. The molecular weight excluding hydrogens is 300 g/mol. The Hall–Kier alpha value is -1.81. The van der Waals surface area contributed by atoms with E-state index in [2.05, 4.69) is 31.1 Å². The van der Waals surface area contributed by atoms with Crippen LogP contribution in [0.4, 0.5) is 0 Å². The molecule has 1 saturated carbocycles. The summed E-state index contributed by atoms with van der Waals surface area (Å²) in [5.74, 6) is 0.604. The molecule has 2 N–H and O–H groups in total. The van der Waals surface area contributed by atoms with Crippen molar-refractivity contribution in [2.24, 2.45) is 5.92 Å². The zero-order valence-electron chi connectivity index (χ0n) is 14.9. The highest BCUT2D eigenvalue weighted by Crippen LogP contribution is 2.26. The van der Waals surface area contributed by atoms with E-state index >= 15 is 0 Å². The van der Waals surface area contributed by atoms with E-state index in [1.54, 1.807) is 0 Å². The minimum Gasteiger partial charge on any atom is -0.376 e. The summed E-state index contributed by atoms with van der Waals surface area (Å²) in [4.78, 5) is 15.7. The Bertz CT molecular complexity index is 720. The SMILES string of the molecule is Cc1[nH]c2ccc(C(=O)NCCO[C@@H]3CCCC[C@H]3C)cc2c1C. The lowest BCUT2D eigenvalue weighted by molar-refractivity contribution is -0.00293. The number of nitrogens with one attached hydrogen (secondary N) is 2. The van der Waals surface area contributed by atoms with Crippen molar-refractivity contribution in [3.8, 4) is 0 Å². The Labute approximate surface area is 144 Å². The fourth-order valence-electron chi connectivity index (χ4n) is 3.61. The number of aryl methyl sites for hydroxylation is 2. The molecule has 0 spiro atoms. The van der Waals surface area contributed by atoms with Gasteiger partial charge in [0.2, 0.25) is 0 Å². The molecule has 2 atom stereocenters. The van der Waals surface area contributed by atoms with Crippen LogP contribution in [0.5, 0.6) is 0 Å². The number of amides is 1. The van der Waals surface area contributed by atoms with Gasteiger partial charge in [-0.15, -0.1) is 0 Å². The summed E-state index contributed by atoms with van der Waals surface area (Å²) < 4.78 is 5.95. The summed E-state index contributed by atoms with van der Waals surface area (Å²) >= 11 is 0. The van der Waals surface area contributed by atoms with Crippen LogP contribution in [-0.4, -0.2) is 30.1 Å². The number of fused-ring (bicyclic) bond motifs is 1. The van der Waals surface area contributed by atoms with Gasteiger partial charge in [0.05, 0.1) is 12.7 Å². The van der Waals surface area contributed by atoms with Crippen molar-refractivity contribution in [1.29, 1.82) is 0 Å². The third kappa shape index (κ3) is 3.64. The number of aromatic nitrogens is 1. The minimum atomic E-state index is -0.0320. The number of aromatic amines is 1. The topological polar surface area (TPSA) is 54.1 Å². The number of ether oxygens (including phenoxy) is 1. The van der Waals surface area contributed by atoms with Crippen molar-refractivity contribution >= 4 is 16.8 Å². The maximum Gasteiger partial charge on any atom is 0.251 e. The maximum absolute atomic E-state index is 12.3. The second-order valence-electron chi connectivity index (χ2n) is 7.06. The summed E-state index contributed by atoms with van der Waals surface area (Å²) in [5, 5.41) is 4.09. The van der Waals surface area contributed by atoms with Gasteiger partial charge < -0.3 is 15.0 Å². The molecule has 130 valence electrons. The van der Waals surface area contributed by atoms with Crippen LogP contribution in [0.15, 0.2) is 18.2 Å². The first-order valence-electron chi connectivity index (χ1n) is 9.05. The Morgan fingerprint density at radius 1 is 1.29 bits per heavy atom. The zero-order chi connectivity index (χ0) is 17.1. The summed E-state index contributed by atoms with van der Waals surface area (Å²) in [6, 6.07) is 5.81. The fourth-order valence-corrected chi connectivity index (χ4v) is 3.61. The van der Waals surface area contributed by atoms with Gasteiger partial charge in [0, 0.05) is 28.7 Å². The van der Waals surface area contributed by atoms with E-state index in [9.17, 15) is 4.79 Å². The van der Waals surface area contributed by atoms with Crippen molar-refractivity contribution in [2.45, 2.75) is 52.6 Å². The molecule has 0 unspecified atom stereocenters. The molecule has 1 heterocycles. The van der Waals surface area contributed by atoms with Crippen LogP contribution in [0.1, 0.15) is 54.2 Å². The molecule has 1 aliphatic rings. The van der Waals surface area contributed by atoms with E-state index in [1.807, 2.05) is 18.2 Å². The molecule has 1 fully saturated rings. The number of hydrogen-bond donors (Lipinski definition) is 2. The number of rotatable bonds is 5. The van der Waals surface area contributed by atoms with Gasteiger partial charge in [-0.25, -0.2) is 0 Å². The molecule has 24 heavy (non-hydrogen) atoms. The predicted octanol–water partition coefficient (Wildman–Crippen LogP) is 4.11. The Morgan fingerprint density at radius 2 is 2.08 bits per heavy atom. The smallest absolute Gasteiger partial charge is 0.251 e.